The summed E-state index contributed by atoms with van der Waals surface area (Å²) in [6.07, 6.45) is 1.68. The second-order valence-electron chi connectivity index (χ2n) is 4.39. The molecule has 0 spiro atoms. The molecule has 1 amide bonds. The number of carbonyl (C=O) groups is 1. The molecule has 0 atom stereocenters. The number of hydrogen-bond acceptors (Lipinski definition) is 6. The third-order valence-corrected chi connectivity index (χ3v) is 2.86. The van der Waals surface area contributed by atoms with E-state index in [4.69, 9.17) is 15.2 Å². The Labute approximate surface area is 125 Å². The third kappa shape index (κ3) is 6.65. The van der Waals surface area contributed by atoms with Crippen LogP contribution in [0.3, 0.4) is 0 Å². The first-order valence-electron chi connectivity index (χ1n) is 7.23. The molecule has 120 valence electrons. The van der Waals surface area contributed by atoms with Crippen LogP contribution in [0.1, 0.15) is 19.5 Å². The fraction of sp³-hybridized carbons (Fsp3) is 0.769. The molecule has 1 aromatic rings. The number of nitrogens with zero attached hydrogens (tertiary/aromatic N) is 4. The number of aromatic nitrogens is 3. The number of ether oxygens (including phenoxy) is 2. The Morgan fingerprint density at radius 2 is 1.90 bits per heavy atom. The molecule has 0 radical (unpaired) electrons. The number of nitrogens with two attached hydrogens (primary N) is 1. The van der Waals surface area contributed by atoms with Gasteiger partial charge in [0.25, 0.3) is 0 Å². The molecule has 0 fully saturated rings. The summed E-state index contributed by atoms with van der Waals surface area (Å²) < 4.78 is 12.1. The van der Waals surface area contributed by atoms with Crippen molar-refractivity contribution in [3.63, 3.8) is 0 Å². The van der Waals surface area contributed by atoms with Gasteiger partial charge in [-0.25, -0.2) is 4.68 Å². The van der Waals surface area contributed by atoms with Gasteiger partial charge < -0.3 is 20.1 Å². The highest BCUT2D eigenvalue weighted by Gasteiger charge is 2.14. The van der Waals surface area contributed by atoms with Crippen molar-refractivity contribution in [1.82, 2.24) is 19.9 Å². The van der Waals surface area contributed by atoms with E-state index in [1.165, 1.54) is 4.68 Å². The van der Waals surface area contributed by atoms with E-state index < -0.39 is 0 Å². The van der Waals surface area contributed by atoms with Gasteiger partial charge in [-0.3, -0.25) is 4.79 Å². The molecule has 8 heteroatoms. The van der Waals surface area contributed by atoms with Gasteiger partial charge in [-0.1, -0.05) is 5.21 Å². The molecule has 2 N–H and O–H groups in total. The van der Waals surface area contributed by atoms with Crippen molar-refractivity contribution in [2.45, 2.75) is 26.9 Å². The maximum atomic E-state index is 12.3. The number of hydrogen-bond donors (Lipinski definition) is 1. The molecule has 0 aliphatic heterocycles. The largest absolute Gasteiger partial charge is 0.380 e. The summed E-state index contributed by atoms with van der Waals surface area (Å²) in [5, 5.41) is 7.74. The van der Waals surface area contributed by atoms with Crippen molar-refractivity contribution >= 4 is 5.91 Å². The molecule has 0 aliphatic rings. The second-order valence-corrected chi connectivity index (χ2v) is 4.39. The SMILES string of the molecule is CCOCCN(CCOCC)C(=O)Cn1cc(CN)nn1. The molecular weight excluding hydrogens is 274 g/mol. The zero-order valence-corrected chi connectivity index (χ0v) is 12.8. The van der Waals surface area contributed by atoms with E-state index in [-0.39, 0.29) is 12.5 Å². The summed E-state index contributed by atoms with van der Waals surface area (Å²) in [6.45, 7) is 7.69. The van der Waals surface area contributed by atoms with E-state index in [1.807, 2.05) is 13.8 Å². The van der Waals surface area contributed by atoms with Crippen LogP contribution in [0.4, 0.5) is 0 Å². The summed E-state index contributed by atoms with van der Waals surface area (Å²) in [4.78, 5) is 14.0. The van der Waals surface area contributed by atoms with E-state index in [9.17, 15) is 4.79 Å². The molecule has 0 aromatic carbocycles. The number of amides is 1. The molecule has 1 heterocycles. The van der Waals surface area contributed by atoms with Gasteiger partial charge in [0.2, 0.25) is 5.91 Å². The zero-order valence-electron chi connectivity index (χ0n) is 12.8. The smallest absolute Gasteiger partial charge is 0.244 e. The van der Waals surface area contributed by atoms with Gasteiger partial charge in [-0.15, -0.1) is 5.10 Å². The van der Waals surface area contributed by atoms with Crippen molar-refractivity contribution in [3.05, 3.63) is 11.9 Å². The van der Waals surface area contributed by atoms with E-state index in [1.54, 1.807) is 11.1 Å². The summed E-state index contributed by atoms with van der Waals surface area (Å²) in [5.41, 5.74) is 6.14. The van der Waals surface area contributed by atoms with Gasteiger partial charge in [-0.05, 0) is 13.8 Å². The second kappa shape index (κ2) is 10.3. The molecule has 8 nitrogen and oxygen atoms in total. The van der Waals surface area contributed by atoms with Crippen LogP contribution >= 0.6 is 0 Å². The summed E-state index contributed by atoms with van der Waals surface area (Å²) >= 11 is 0. The fourth-order valence-electron chi connectivity index (χ4n) is 1.75. The van der Waals surface area contributed by atoms with Gasteiger partial charge in [0, 0.05) is 32.8 Å². The molecule has 1 rings (SSSR count). The lowest BCUT2D eigenvalue weighted by atomic mass is 10.4. The van der Waals surface area contributed by atoms with Crippen LogP contribution in [0, 0.1) is 0 Å². The average Bonchev–Trinajstić information content (AvgIpc) is 2.93. The molecule has 0 unspecified atom stereocenters. The minimum Gasteiger partial charge on any atom is -0.380 e. The predicted molar refractivity (Wildman–Crippen MR) is 77.5 cm³/mol. The van der Waals surface area contributed by atoms with E-state index >= 15 is 0 Å². The molecule has 0 bridgehead atoms. The first kappa shape index (κ1) is 17.5. The molecule has 1 aromatic heterocycles. The van der Waals surface area contributed by atoms with Crippen LogP contribution in [0.25, 0.3) is 0 Å². The Morgan fingerprint density at radius 1 is 1.29 bits per heavy atom. The lowest BCUT2D eigenvalue weighted by molar-refractivity contribution is -0.133. The van der Waals surface area contributed by atoms with Crippen LogP contribution in [-0.2, 0) is 27.4 Å². The normalized spacial score (nSPS) is 10.8. The summed E-state index contributed by atoms with van der Waals surface area (Å²) in [5.74, 6) is -0.0390. The van der Waals surface area contributed by atoms with Crippen LogP contribution in [-0.4, -0.2) is 65.3 Å². The molecular formula is C13H25N5O3. The Bertz CT molecular complexity index is 400. The van der Waals surface area contributed by atoms with Crippen molar-refractivity contribution < 1.29 is 14.3 Å². The monoisotopic (exact) mass is 299 g/mol. The Morgan fingerprint density at radius 3 is 2.38 bits per heavy atom. The minimum absolute atomic E-state index is 0.0390. The van der Waals surface area contributed by atoms with Gasteiger partial charge in [-0.2, -0.15) is 0 Å². The molecule has 21 heavy (non-hydrogen) atoms. The topological polar surface area (TPSA) is 95.5 Å². The Hall–Kier alpha value is -1.51. The fourth-order valence-corrected chi connectivity index (χ4v) is 1.75. The average molecular weight is 299 g/mol. The van der Waals surface area contributed by atoms with Crippen molar-refractivity contribution in [3.8, 4) is 0 Å². The standard InChI is InChI=1S/C13H25N5O3/c1-3-20-7-5-17(6-8-21-4-2)13(19)11-18-10-12(9-14)15-16-18/h10H,3-9,11,14H2,1-2H3. The van der Waals surface area contributed by atoms with E-state index in [2.05, 4.69) is 10.3 Å². The highest BCUT2D eigenvalue weighted by Crippen LogP contribution is 1.97. The van der Waals surface area contributed by atoms with Gasteiger partial charge in [0.1, 0.15) is 6.54 Å². The van der Waals surface area contributed by atoms with E-state index in [0.717, 1.165) is 0 Å². The van der Waals surface area contributed by atoms with Crippen LogP contribution in [0.15, 0.2) is 6.20 Å². The molecule has 0 saturated carbocycles. The summed E-state index contributed by atoms with van der Waals surface area (Å²) in [7, 11) is 0. The lowest BCUT2D eigenvalue weighted by Crippen LogP contribution is -2.39. The van der Waals surface area contributed by atoms with Crippen molar-refractivity contribution in [1.29, 1.82) is 0 Å². The highest BCUT2D eigenvalue weighted by atomic mass is 16.5. The third-order valence-electron chi connectivity index (χ3n) is 2.86. The number of rotatable bonds is 11. The Kier molecular flexibility index (Phi) is 8.56. The first-order valence-corrected chi connectivity index (χ1v) is 7.23. The van der Waals surface area contributed by atoms with Crippen LogP contribution < -0.4 is 5.73 Å². The maximum absolute atomic E-state index is 12.3. The molecule has 0 saturated heterocycles. The lowest BCUT2D eigenvalue weighted by Gasteiger charge is -2.22. The quantitative estimate of drug-likeness (QED) is 0.561. The first-order chi connectivity index (χ1) is 10.2. The van der Waals surface area contributed by atoms with Crippen molar-refractivity contribution in [2.24, 2.45) is 5.73 Å². The zero-order chi connectivity index (χ0) is 15.5. The van der Waals surface area contributed by atoms with Crippen molar-refractivity contribution in [2.75, 3.05) is 39.5 Å². The number of carbonyl (C=O) groups excluding carboxylic acids is 1. The van der Waals surface area contributed by atoms with Crippen LogP contribution in [0.2, 0.25) is 0 Å². The highest BCUT2D eigenvalue weighted by molar-refractivity contribution is 5.75. The van der Waals surface area contributed by atoms with Gasteiger partial charge >= 0.3 is 0 Å². The van der Waals surface area contributed by atoms with Gasteiger partial charge in [0.05, 0.1) is 25.1 Å². The van der Waals surface area contributed by atoms with Crippen LogP contribution in [0.5, 0.6) is 0 Å². The molecule has 0 aliphatic carbocycles. The summed E-state index contributed by atoms with van der Waals surface area (Å²) in [6, 6.07) is 0. The van der Waals surface area contributed by atoms with Gasteiger partial charge in [0.15, 0.2) is 0 Å². The minimum atomic E-state index is -0.0390. The Balaban J connectivity index is 2.51. The predicted octanol–water partition coefficient (Wildman–Crippen LogP) is -0.362. The maximum Gasteiger partial charge on any atom is 0.244 e. The van der Waals surface area contributed by atoms with E-state index in [0.29, 0.717) is 51.8 Å².